The van der Waals surface area contributed by atoms with Crippen LogP contribution < -0.4 is 10.6 Å². The van der Waals surface area contributed by atoms with E-state index in [2.05, 4.69) is 51.7 Å². The number of methoxy groups -OCH3 is 1. The van der Waals surface area contributed by atoms with E-state index in [1.165, 1.54) is 31.1 Å². The van der Waals surface area contributed by atoms with Crippen LogP contribution in [0.3, 0.4) is 0 Å². The van der Waals surface area contributed by atoms with Gasteiger partial charge in [-0.1, -0.05) is 29.8 Å². The van der Waals surface area contributed by atoms with Crippen molar-refractivity contribution in [3.63, 3.8) is 0 Å². The monoisotopic (exact) mass is 415 g/mol. The number of amides is 1. The zero-order valence-corrected chi connectivity index (χ0v) is 18.7. The highest BCUT2D eigenvalue weighted by atomic mass is 16.5. The Hall–Kier alpha value is -2.28. The van der Waals surface area contributed by atoms with Crippen LogP contribution in [0.2, 0.25) is 0 Å². The number of aliphatic imine (C=N–C) groups is 1. The number of nitrogens with one attached hydrogen (secondary N) is 2. The first-order valence-corrected chi connectivity index (χ1v) is 11.2. The Morgan fingerprint density at radius 1 is 1.10 bits per heavy atom. The molecule has 2 N–H and O–H groups in total. The third kappa shape index (κ3) is 6.62. The number of carbonyl (C=O) groups is 1. The van der Waals surface area contributed by atoms with E-state index in [9.17, 15) is 4.79 Å². The van der Waals surface area contributed by atoms with Gasteiger partial charge >= 0.3 is 6.09 Å². The zero-order valence-electron chi connectivity index (χ0n) is 18.7. The van der Waals surface area contributed by atoms with Gasteiger partial charge < -0.3 is 20.3 Å². The molecule has 7 heteroatoms. The topological polar surface area (TPSA) is 69.2 Å². The molecular weight excluding hydrogens is 378 g/mol. The number of piperidine rings is 2. The van der Waals surface area contributed by atoms with Gasteiger partial charge in [0.1, 0.15) is 0 Å². The summed E-state index contributed by atoms with van der Waals surface area (Å²) in [5, 5.41) is 7.04. The predicted molar refractivity (Wildman–Crippen MR) is 121 cm³/mol. The predicted octanol–water partition coefficient (Wildman–Crippen LogP) is 2.60. The molecule has 2 heterocycles. The normalized spacial score (nSPS) is 19.6. The molecule has 0 spiro atoms. The molecule has 0 atom stereocenters. The number of ether oxygens (including phenoxy) is 1. The minimum absolute atomic E-state index is 0.232. The van der Waals surface area contributed by atoms with Crippen LogP contribution >= 0.6 is 0 Å². The number of hydrogen-bond acceptors (Lipinski definition) is 4. The SMILES string of the molecule is CN=C(NCC1CCN(Cc2ccc(C)cc2)CC1)NC1CCN(C(=O)OC)CC1. The van der Waals surface area contributed by atoms with Crippen molar-refractivity contribution in [1.29, 1.82) is 0 Å². The highest BCUT2D eigenvalue weighted by Crippen LogP contribution is 2.19. The number of likely N-dealkylation sites (tertiary alicyclic amines) is 2. The van der Waals surface area contributed by atoms with Crippen LogP contribution in [-0.4, -0.2) is 74.8 Å². The van der Waals surface area contributed by atoms with Gasteiger partial charge in [-0.3, -0.25) is 9.89 Å². The standard InChI is InChI=1S/C23H37N5O2/c1-18-4-6-20(7-5-18)17-27-12-8-19(9-13-27)16-25-22(24-2)26-21-10-14-28(15-11-21)23(29)30-3/h4-7,19,21H,8-17H2,1-3H3,(H2,24,25,26). The molecule has 2 aliphatic rings. The largest absolute Gasteiger partial charge is 0.453 e. The number of hydrogen-bond donors (Lipinski definition) is 2. The summed E-state index contributed by atoms with van der Waals surface area (Å²) >= 11 is 0. The van der Waals surface area contributed by atoms with Gasteiger partial charge in [0.15, 0.2) is 5.96 Å². The van der Waals surface area contributed by atoms with Crippen LogP contribution in [0.1, 0.15) is 36.8 Å². The van der Waals surface area contributed by atoms with Crippen molar-refractivity contribution < 1.29 is 9.53 Å². The van der Waals surface area contributed by atoms with Gasteiger partial charge in [0.05, 0.1) is 7.11 Å². The number of guanidine groups is 1. The molecule has 0 saturated carbocycles. The van der Waals surface area contributed by atoms with Gasteiger partial charge in [0.25, 0.3) is 0 Å². The van der Waals surface area contributed by atoms with Crippen LogP contribution in [0.5, 0.6) is 0 Å². The van der Waals surface area contributed by atoms with Gasteiger partial charge in [-0.05, 0) is 57.2 Å². The molecule has 0 aromatic heterocycles. The molecule has 1 aromatic carbocycles. The van der Waals surface area contributed by atoms with E-state index in [0.29, 0.717) is 12.0 Å². The molecule has 0 radical (unpaired) electrons. The number of carbonyl (C=O) groups excluding carboxylic acids is 1. The van der Waals surface area contributed by atoms with Crippen molar-refractivity contribution in [2.75, 3.05) is 46.9 Å². The lowest BCUT2D eigenvalue weighted by Gasteiger charge is -2.34. The summed E-state index contributed by atoms with van der Waals surface area (Å²) in [6, 6.07) is 9.23. The Labute approximate surface area is 180 Å². The Kier molecular flexibility index (Phi) is 8.37. The Bertz CT molecular complexity index is 690. The molecular formula is C23H37N5O2. The maximum Gasteiger partial charge on any atom is 0.409 e. The van der Waals surface area contributed by atoms with E-state index in [1.807, 2.05) is 7.05 Å². The molecule has 3 rings (SSSR count). The smallest absolute Gasteiger partial charge is 0.409 e. The average molecular weight is 416 g/mol. The maximum atomic E-state index is 11.6. The second-order valence-corrected chi connectivity index (χ2v) is 8.53. The van der Waals surface area contributed by atoms with Crippen molar-refractivity contribution in [3.05, 3.63) is 35.4 Å². The first-order chi connectivity index (χ1) is 14.6. The summed E-state index contributed by atoms with van der Waals surface area (Å²) < 4.78 is 4.81. The van der Waals surface area contributed by atoms with Gasteiger partial charge in [-0.25, -0.2) is 4.79 Å². The zero-order chi connectivity index (χ0) is 21.3. The summed E-state index contributed by atoms with van der Waals surface area (Å²) in [5.74, 6) is 1.55. The average Bonchev–Trinajstić information content (AvgIpc) is 2.79. The van der Waals surface area contributed by atoms with Gasteiger partial charge in [-0.15, -0.1) is 0 Å². The fourth-order valence-corrected chi connectivity index (χ4v) is 4.26. The van der Waals surface area contributed by atoms with Gasteiger partial charge in [0.2, 0.25) is 0 Å². The molecule has 0 bridgehead atoms. The van der Waals surface area contributed by atoms with E-state index in [-0.39, 0.29) is 6.09 Å². The van der Waals surface area contributed by atoms with E-state index >= 15 is 0 Å². The van der Waals surface area contributed by atoms with Crippen molar-refractivity contribution >= 4 is 12.1 Å². The second kappa shape index (κ2) is 11.2. The van der Waals surface area contributed by atoms with Crippen molar-refractivity contribution in [1.82, 2.24) is 20.4 Å². The highest BCUT2D eigenvalue weighted by Gasteiger charge is 2.24. The number of benzene rings is 1. The molecule has 7 nitrogen and oxygen atoms in total. The molecule has 0 unspecified atom stereocenters. The number of nitrogens with zero attached hydrogens (tertiary/aromatic N) is 3. The van der Waals surface area contributed by atoms with Crippen LogP contribution in [0.15, 0.2) is 29.3 Å². The summed E-state index contributed by atoms with van der Waals surface area (Å²) in [6.07, 6.45) is 4.02. The van der Waals surface area contributed by atoms with Crippen LogP contribution in [0.25, 0.3) is 0 Å². The summed E-state index contributed by atoms with van der Waals surface area (Å²) in [4.78, 5) is 20.3. The van der Waals surface area contributed by atoms with Crippen LogP contribution in [0, 0.1) is 12.8 Å². The van der Waals surface area contributed by atoms with Crippen molar-refractivity contribution in [2.45, 2.75) is 45.2 Å². The van der Waals surface area contributed by atoms with Crippen molar-refractivity contribution in [2.24, 2.45) is 10.9 Å². The van der Waals surface area contributed by atoms with E-state index in [1.54, 1.807) is 4.90 Å². The molecule has 30 heavy (non-hydrogen) atoms. The molecule has 1 aromatic rings. The van der Waals surface area contributed by atoms with Gasteiger partial charge in [0, 0.05) is 39.3 Å². The Morgan fingerprint density at radius 2 is 1.77 bits per heavy atom. The Morgan fingerprint density at radius 3 is 2.37 bits per heavy atom. The first kappa shape index (κ1) is 22.4. The molecule has 2 fully saturated rings. The number of rotatable bonds is 5. The van der Waals surface area contributed by atoms with E-state index in [0.717, 1.165) is 58.1 Å². The quantitative estimate of drug-likeness (QED) is 0.572. The van der Waals surface area contributed by atoms with Crippen LogP contribution in [0.4, 0.5) is 4.79 Å². The summed E-state index contributed by atoms with van der Waals surface area (Å²) in [7, 11) is 3.26. The Balaban J connectivity index is 1.34. The van der Waals surface area contributed by atoms with Gasteiger partial charge in [-0.2, -0.15) is 0 Å². The molecule has 1 amide bonds. The molecule has 2 saturated heterocycles. The van der Waals surface area contributed by atoms with Crippen LogP contribution in [-0.2, 0) is 11.3 Å². The lowest BCUT2D eigenvalue weighted by atomic mass is 9.96. The van der Waals surface area contributed by atoms with E-state index in [4.69, 9.17) is 4.74 Å². The number of aryl methyl sites for hydroxylation is 1. The molecule has 2 aliphatic heterocycles. The third-order valence-electron chi connectivity index (χ3n) is 6.28. The lowest BCUT2D eigenvalue weighted by molar-refractivity contribution is 0.111. The minimum atomic E-state index is -0.232. The lowest BCUT2D eigenvalue weighted by Crippen LogP contribution is -2.50. The summed E-state index contributed by atoms with van der Waals surface area (Å²) in [5.41, 5.74) is 2.72. The first-order valence-electron chi connectivity index (χ1n) is 11.2. The fourth-order valence-electron chi connectivity index (χ4n) is 4.26. The second-order valence-electron chi connectivity index (χ2n) is 8.53. The molecule has 166 valence electrons. The van der Waals surface area contributed by atoms with E-state index < -0.39 is 0 Å². The minimum Gasteiger partial charge on any atom is -0.453 e. The highest BCUT2D eigenvalue weighted by molar-refractivity contribution is 5.80. The van der Waals surface area contributed by atoms with Crippen molar-refractivity contribution in [3.8, 4) is 0 Å². The molecule has 0 aliphatic carbocycles. The third-order valence-corrected chi connectivity index (χ3v) is 6.28. The summed E-state index contributed by atoms with van der Waals surface area (Å²) in [6.45, 7) is 7.89. The fraction of sp³-hybridized carbons (Fsp3) is 0.652. The maximum absolute atomic E-state index is 11.6.